The lowest BCUT2D eigenvalue weighted by Crippen LogP contribution is -2.36. The number of anilines is 1. The molecule has 6 nitrogen and oxygen atoms in total. The lowest BCUT2D eigenvalue weighted by molar-refractivity contribution is 0.0984. The Hall–Kier alpha value is -2.25. The van der Waals surface area contributed by atoms with E-state index in [9.17, 15) is 13.2 Å². The Morgan fingerprint density at radius 3 is 2.60 bits per heavy atom. The van der Waals surface area contributed by atoms with E-state index in [-0.39, 0.29) is 10.8 Å². The minimum atomic E-state index is -3.55. The summed E-state index contributed by atoms with van der Waals surface area (Å²) in [6.45, 7) is 2.42. The highest BCUT2D eigenvalue weighted by Gasteiger charge is 2.26. The van der Waals surface area contributed by atoms with Gasteiger partial charge in [0.25, 0.3) is 5.91 Å². The van der Waals surface area contributed by atoms with Gasteiger partial charge in [0.15, 0.2) is 0 Å². The van der Waals surface area contributed by atoms with Crippen molar-refractivity contribution in [1.82, 2.24) is 9.29 Å². The molecule has 2 heterocycles. The summed E-state index contributed by atoms with van der Waals surface area (Å²) in [4.78, 5) is 18.9. The summed E-state index contributed by atoms with van der Waals surface area (Å²) in [7, 11) is -0.555. The van der Waals surface area contributed by atoms with Crippen LogP contribution in [0.25, 0.3) is 0 Å². The third kappa shape index (κ3) is 3.29. The van der Waals surface area contributed by atoms with Crippen molar-refractivity contribution in [2.24, 2.45) is 0 Å². The number of hydrogen-bond donors (Lipinski definition) is 0. The quantitative estimate of drug-likeness (QED) is 0.843. The number of rotatable bonds is 3. The van der Waals surface area contributed by atoms with Crippen LogP contribution in [0, 0.1) is 6.92 Å². The van der Waals surface area contributed by atoms with E-state index in [1.165, 1.54) is 18.4 Å². The van der Waals surface area contributed by atoms with Gasteiger partial charge < -0.3 is 4.90 Å². The molecule has 0 radical (unpaired) electrons. The fourth-order valence-electron chi connectivity index (χ4n) is 2.89. The van der Waals surface area contributed by atoms with Crippen LogP contribution in [-0.4, -0.2) is 44.3 Å². The number of benzene rings is 1. The number of aryl methyl sites for hydroxylation is 2. The highest BCUT2D eigenvalue weighted by molar-refractivity contribution is 7.89. The molecule has 132 valence electrons. The van der Waals surface area contributed by atoms with Crippen molar-refractivity contribution < 1.29 is 13.2 Å². The van der Waals surface area contributed by atoms with Crippen molar-refractivity contribution in [3.05, 3.63) is 53.3 Å². The highest BCUT2D eigenvalue weighted by atomic mass is 32.2. The van der Waals surface area contributed by atoms with Crippen LogP contribution in [0.5, 0.6) is 0 Å². The first-order valence-electron chi connectivity index (χ1n) is 8.10. The molecule has 0 N–H and O–H groups in total. The SMILES string of the molecule is Cc1ccc(C(=O)N2CCCc3ccc(S(=O)(=O)N(C)C)cc32)cn1. The molecule has 0 unspecified atom stereocenters. The van der Waals surface area contributed by atoms with Crippen molar-refractivity contribution in [3.8, 4) is 0 Å². The zero-order valence-electron chi connectivity index (χ0n) is 14.6. The van der Waals surface area contributed by atoms with Gasteiger partial charge in [0, 0.05) is 38.2 Å². The number of carbonyl (C=O) groups is 1. The molecule has 0 saturated heterocycles. The van der Waals surface area contributed by atoms with Crippen LogP contribution in [-0.2, 0) is 16.4 Å². The van der Waals surface area contributed by atoms with Crippen LogP contribution in [0.1, 0.15) is 28.0 Å². The van der Waals surface area contributed by atoms with Crippen LogP contribution < -0.4 is 4.90 Å². The van der Waals surface area contributed by atoms with Gasteiger partial charge in [0.2, 0.25) is 10.0 Å². The van der Waals surface area contributed by atoms with E-state index < -0.39 is 10.0 Å². The van der Waals surface area contributed by atoms with Gasteiger partial charge in [0.05, 0.1) is 10.5 Å². The van der Waals surface area contributed by atoms with Gasteiger partial charge in [-0.3, -0.25) is 9.78 Å². The van der Waals surface area contributed by atoms with Crippen molar-refractivity contribution in [2.75, 3.05) is 25.5 Å². The number of hydrogen-bond acceptors (Lipinski definition) is 4. The smallest absolute Gasteiger partial charge is 0.259 e. The molecule has 0 bridgehead atoms. The third-order valence-corrected chi connectivity index (χ3v) is 6.17. The maximum absolute atomic E-state index is 12.9. The Kier molecular flexibility index (Phi) is 4.62. The molecule has 3 rings (SSSR count). The number of nitrogens with zero attached hydrogens (tertiary/aromatic N) is 3. The second kappa shape index (κ2) is 6.57. The van der Waals surface area contributed by atoms with Gasteiger partial charge in [-0.15, -0.1) is 0 Å². The van der Waals surface area contributed by atoms with E-state index in [4.69, 9.17) is 0 Å². The van der Waals surface area contributed by atoms with E-state index in [2.05, 4.69) is 4.98 Å². The third-order valence-electron chi connectivity index (χ3n) is 4.36. The Morgan fingerprint density at radius 1 is 1.20 bits per heavy atom. The van der Waals surface area contributed by atoms with Gasteiger partial charge in [0.1, 0.15) is 0 Å². The summed E-state index contributed by atoms with van der Waals surface area (Å²) in [6.07, 6.45) is 3.23. The summed E-state index contributed by atoms with van der Waals surface area (Å²) >= 11 is 0. The molecule has 7 heteroatoms. The summed E-state index contributed by atoms with van der Waals surface area (Å²) in [5.74, 6) is -0.159. The topological polar surface area (TPSA) is 70.6 Å². The highest BCUT2D eigenvalue weighted by Crippen LogP contribution is 2.31. The molecule has 0 aliphatic carbocycles. The fourth-order valence-corrected chi connectivity index (χ4v) is 3.81. The maximum Gasteiger partial charge on any atom is 0.259 e. The van der Waals surface area contributed by atoms with E-state index in [0.29, 0.717) is 17.8 Å². The van der Waals surface area contributed by atoms with Crippen LogP contribution in [0.15, 0.2) is 41.4 Å². The molecule has 0 fully saturated rings. The van der Waals surface area contributed by atoms with E-state index >= 15 is 0 Å². The van der Waals surface area contributed by atoms with Gasteiger partial charge in [-0.25, -0.2) is 12.7 Å². The van der Waals surface area contributed by atoms with Crippen LogP contribution >= 0.6 is 0 Å². The Bertz CT molecular complexity index is 906. The average molecular weight is 359 g/mol. The van der Waals surface area contributed by atoms with Crippen molar-refractivity contribution in [3.63, 3.8) is 0 Å². The Balaban J connectivity index is 2.03. The number of carbonyl (C=O) groups excluding carboxylic acids is 1. The Labute approximate surface area is 148 Å². The molecule has 0 saturated carbocycles. The standard InChI is InChI=1S/C18H21N3O3S/c1-13-6-7-15(12-19-13)18(22)21-10-4-5-14-8-9-16(11-17(14)21)25(23,24)20(2)3/h6-9,11-12H,4-5,10H2,1-3H3. The molecule has 2 aromatic rings. The van der Waals surface area contributed by atoms with Crippen LogP contribution in [0.3, 0.4) is 0 Å². The predicted molar refractivity (Wildman–Crippen MR) is 96.3 cm³/mol. The summed E-state index contributed by atoms with van der Waals surface area (Å²) in [6, 6.07) is 8.56. The molecule has 1 aromatic carbocycles. The lowest BCUT2D eigenvalue weighted by atomic mass is 10.0. The lowest BCUT2D eigenvalue weighted by Gasteiger charge is -2.30. The van der Waals surface area contributed by atoms with Crippen LogP contribution in [0.4, 0.5) is 5.69 Å². The molecule has 1 aliphatic heterocycles. The number of amides is 1. The normalized spacial score (nSPS) is 14.5. The minimum absolute atomic E-state index is 0.159. The van der Waals surface area contributed by atoms with Crippen LogP contribution in [0.2, 0.25) is 0 Å². The summed E-state index contributed by atoms with van der Waals surface area (Å²) in [5, 5.41) is 0. The first-order chi connectivity index (χ1) is 11.8. The van der Waals surface area contributed by atoms with Gasteiger partial charge in [-0.1, -0.05) is 6.07 Å². The van der Waals surface area contributed by atoms with E-state index in [1.807, 2.05) is 6.92 Å². The number of pyridine rings is 1. The summed E-state index contributed by atoms with van der Waals surface area (Å²) in [5.41, 5.74) is 2.99. The zero-order chi connectivity index (χ0) is 18.2. The number of aromatic nitrogens is 1. The minimum Gasteiger partial charge on any atom is -0.308 e. The first kappa shape index (κ1) is 17.6. The molecular formula is C18H21N3O3S. The predicted octanol–water partition coefficient (Wildman–Crippen LogP) is 2.23. The first-order valence-corrected chi connectivity index (χ1v) is 9.54. The number of sulfonamides is 1. The maximum atomic E-state index is 12.9. The summed E-state index contributed by atoms with van der Waals surface area (Å²) < 4.78 is 26.0. The van der Waals surface area contributed by atoms with Crippen molar-refractivity contribution >= 4 is 21.6 Å². The molecule has 1 amide bonds. The van der Waals surface area contributed by atoms with E-state index in [1.54, 1.807) is 41.4 Å². The fraction of sp³-hybridized carbons (Fsp3) is 0.333. The van der Waals surface area contributed by atoms with Gasteiger partial charge in [-0.05, 0) is 49.6 Å². The molecule has 1 aromatic heterocycles. The molecule has 1 aliphatic rings. The Morgan fingerprint density at radius 2 is 1.96 bits per heavy atom. The van der Waals surface area contributed by atoms with Crippen molar-refractivity contribution in [1.29, 1.82) is 0 Å². The number of fused-ring (bicyclic) bond motifs is 1. The van der Waals surface area contributed by atoms with Gasteiger partial charge in [-0.2, -0.15) is 0 Å². The largest absolute Gasteiger partial charge is 0.308 e. The molecule has 0 atom stereocenters. The zero-order valence-corrected chi connectivity index (χ0v) is 15.4. The monoisotopic (exact) mass is 359 g/mol. The average Bonchev–Trinajstić information content (AvgIpc) is 2.60. The molecular weight excluding hydrogens is 338 g/mol. The van der Waals surface area contributed by atoms with Gasteiger partial charge >= 0.3 is 0 Å². The molecule has 0 spiro atoms. The second-order valence-corrected chi connectivity index (χ2v) is 8.48. The molecule has 25 heavy (non-hydrogen) atoms. The van der Waals surface area contributed by atoms with Crippen molar-refractivity contribution in [2.45, 2.75) is 24.7 Å². The second-order valence-electron chi connectivity index (χ2n) is 6.33. The van der Waals surface area contributed by atoms with E-state index in [0.717, 1.165) is 24.1 Å².